The molecule has 68 valence electrons. The molecule has 0 aromatic heterocycles. The number of carbonyl (C=O) groups excluding carboxylic acids is 1. The number of hydrogen-bond acceptors (Lipinski definition) is 2. The number of nitrogens with zero attached hydrogens (tertiary/aromatic N) is 1. The molecule has 0 aliphatic carbocycles. The van der Waals surface area contributed by atoms with Crippen molar-refractivity contribution in [3.8, 4) is 17.9 Å². The maximum Gasteiger partial charge on any atom is 0.293 e. The molecule has 0 aliphatic rings. The highest BCUT2D eigenvalue weighted by Gasteiger charge is 2.00. The Morgan fingerprint density at radius 3 is 2.71 bits per heavy atom. The summed E-state index contributed by atoms with van der Waals surface area (Å²) in [4.78, 5) is 10.3. The molecule has 14 heavy (non-hydrogen) atoms. The van der Waals surface area contributed by atoms with E-state index in [1.54, 1.807) is 6.07 Å². The first kappa shape index (κ1) is 9.76. The molecule has 1 amide bonds. The van der Waals surface area contributed by atoms with Crippen LogP contribution >= 0.6 is 0 Å². The number of halogens is 1. The summed E-state index contributed by atoms with van der Waals surface area (Å²) in [5, 5.41) is 8.44. The number of hydrogen-bond donors (Lipinski definition) is 1. The Balaban J connectivity index is 3.10. The van der Waals surface area contributed by atoms with Crippen molar-refractivity contribution in [2.45, 2.75) is 0 Å². The van der Waals surface area contributed by atoms with Crippen LogP contribution in [0.15, 0.2) is 18.2 Å². The van der Waals surface area contributed by atoms with Crippen molar-refractivity contribution < 1.29 is 9.18 Å². The summed E-state index contributed by atoms with van der Waals surface area (Å²) in [5.74, 6) is 2.79. The summed E-state index contributed by atoms with van der Waals surface area (Å²) < 4.78 is 13.1. The Morgan fingerprint density at radius 2 is 2.21 bits per heavy atom. The van der Waals surface area contributed by atoms with E-state index < -0.39 is 11.7 Å². The first-order valence-corrected chi connectivity index (χ1v) is 3.64. The van der Waals surface area contributed by atoms with Crippen LogP contribution in [-0.2, 0) is 4.79 Å². The quantitative estimate of drug-likeness (QED) is 0.603. The molecule has 0 bridgehead atoms. The predicted octanol–water partition coefficient (Wildman–Crippen LogP) is 0.534. The Hall–Kier alpha value is -2.33. The molecule has 0 radical (unpaired) electrons. The molecule has 3 nitrogen and oxygen atoms in total. The van der Waals surface area contributed by atoms with E-state index in [-0.39, 0.29) is 11.1 Å². The monoisotopic (exact) mass is 188 g/mol. The molecule has 0 saturated heterocycles. The lowest BCUT2D eigenvalue weighted by Gasteiger charge is -1.93. The summed E-state index contributed by atoms with van der Waals surface area (Å²) in [6.07, 6.45) is 0. The minimum absolute atomic E-state index is 0.0443. The van der Waals surface area contributed by atoms with E-state index in [4.69, 9.17) is 11.0 Å². The molecular formula is C10H5FN2O. The SMILES string of the molecule is N#Cc1ccc(C#CC(N)=O)c(F)c1. The predicted molar refractivity (Wildman–Crippen MR) is 47.2 cm³/mol. The van der Waals surface area contributed by atoms with Crippen molar-refractivity contribution >= 4 is 5.91 Å². The third kappa shape index (κ3) is 2.33. The first-order chi connectivity index (χ1) is 6.63. The minimum Gasteiger partial charge on any atom is -0.359 e. The topological polar surface area (TPSA) is 66.9 Å². The fourth-order valence-corrected chi connectivity index (χ4v) is 0.815. The number of rotatable bonds is 0. The standard InChI is InChI=1S/C10H5FN2O/c11-9-5-7(6-12)1-2-8(9)3-4-10(13)14/h1-2,5H,(H2,13,14). The van der Waals surface area contributed by atoms with Crippen LogP contribution < -0.4 is 5.73 Å². The van der Waals surface area contributed by atoms with Crippen LogP contribution in [0.25, 0.3) is 0 Å². The number of carbonyl (C=O) groups is 1. The largest absolute Gasteiger partial charge is 0.359 e. The van der Waals surface area contributed by atoms with Crippen molar-refractivity contribution in [2.75, 3.05) is 0 Å². The summed E-state index contributed by atoms with van der Waals surface area (Å²) in [6, 6.07) is 5.56. The molecule has 1 aromatic rings. The Labute approximate surface area is 79.9 Å². The van der Waals surface area contributed by atoms with Gasteiger partial charge in [0.15, 0.2) is 0 Å². The fraction of sp³-hybridized carbons (Fsp3) is 0. The van der Waals surface area contributed by atoms with Gasteiger partial charge in [0.05, 0.1) is 17.2 Å². The van der Waals surface area contributed by atoms with E-state index in [1.807, 2.05) is 5.92 Å². The van der Waals surface area contributed by atoms with Gasteiger partial charge < -0.3 is 5.73 Å². The lowest BCUT2D eigenvalue weighted by molar-refractivity contribution is -0.112. The van der Waals surface area contributed by atoms with Gasteiger partial charge in [0, 0.05) is 5.92 Å². The van der Waals surface area contributed by atoms with Crippen LogP contribution in [0.5, 0.6) is 0 Å². The van der Waals surface area contributed by atoms with Gasteiger partial charge in [-0.1, -0.05) is 5.92 Å². The third-order valence-corrected chi connectivity index (χ3v) is 1.42. The zero-order valence-corrected chi connectivity index (χ0v) is 7.04. The highest BCUT2D eigenvalue weighted by Crippen LogP contribution is 2.08. The summed E-state index contributed by atoms with van der Waals surface area (Å²) >= 11 is 0. The summed E-state index contributed by atoms with van der Waals surface area (Å²) in [7, 11) is 0. The minimum atomic E-state index is -0.825. The highest BCUT2D eigenvalue weighted by atomic mass is 19.1. The zero-order valence-electron chi connectivity index (χ0n) is 7.04. The average molecular weight is 188 g/mol. The van der Waals surface area contributed by atoms with Gasteiger partial charge in [0.2, 0.25) is 0 Å². The molecule has 0 saturated carbocycles. The summed E-state index contributed by atoms with van der Waals surface area (Å²) in [5.41, 5.74) is 5.00. The molecule has 0 heterocycles. The normalized spacial score (nSPS) is 8.29. The zero-order chi connectivity index (χ0) is 10.6. The van der Waals surface area contributed by atoms with Crippen LogP contribution in [-0.4, -0.2) is 5.91 Å². The van der Waals surface area contributed by atoms with Crippen LogP contribution in [0.4, 0.5) is 4.39 Å². The molecule has 0 fully saturated rings. The Morgan fingerprint density at radius 1 is 1.50 bits per heavy atom. The van der Waals surface area contributed by atoms with E-state index in [2.05, 4.69) is 5.92 Å². The van der Waals surface area contributed by atoms with Gasteiger partial charge in [-0.2, -0.15) is 5.26 Å². The lowest BCUT2D eigenvalue weighted by Crippen LogP contribution is -2.06. The van der Waals surface area contributed by atoms with Gasteiger partial charge in [-0.3, -0.25) is 4.79 Å². The number of primary amides is 1. The first-order valence-electron chi connectivity index (χ1n) is 3.64. The average Bonchev–Trinajstić information content (AvgIpc) is 2.15. The summed E-state index contributed by atoms with van der Waals surface area (Å²) in [6.45, 7) is 0. The Bertz CT molecular complexity index is 477. The van der Waals surface area contributed by atoms with E-state index in [0.29, 0.717) is 0 Å². The maximum absolute atomic E-state index is 13.1. The van der Waals surface area contributed by atoms with Gasteiger partial charge in [-0.25, -0.2) is 4.39 Å². The second-order valence-electron chi connectivity index (χ2n) is 2.42. The molecule has 1 aromatic carbocycles. The molecule has 0 spiro atoms. The molecule has 4 heteroatoms. The molecule has 0 unspecified atom stereocenters. The van der Waals surface area contributed by atoms with Crippen LogP contribution in [0.1, 0.15) is 11.1 Å². The van der Waals surface area contributed by atoms with Crippen LogP contribution in [0.2, 0.25) is 0 Å². The molecule has 1 rings (SSSR count). The highest BCUT2D eigenvalue weighted by molar-refractivity contribution is 5.92. The molecule has 0 atom stereocenters. The van der Waals surface area contributed by atoms with Crippen LogP contribution in [0, 0.1) is 29.0 Å². The smallest absolute Gasteiger partial charge is 0.293 e. The number of amides is 1. The molecule has 2 N–H and O–H groups in total. The second-order valence-corrected chi connectivity index (χ2v) is 2.42. The van der Waals surface area contributed by atoms with Crippen molar-refractivity contribution in [3.05, 3.63) is 35.1 Å². The van der Waals surface area contributed by atoms with E-state index in [0.717, 1.165) is 6.07 Å². The van der Waals surface area contributed by atoms with Gasteiger partial charge >= 0.3 is 0 Å². The van der Waals surface area contributed by atoms with Crippen LogP contribution in [0.3, 0.4) is 0 Å². The van der Waals surface area contributed by atoms with Crippen molar-refractivity contribution in [1.29, 1.82) is 5.26 Å². The van der Waals surface area contributed by atoms with Crippen molar-refractivity contribution in [3.63, 3.8) is 0 Å². The third-order valence-electron chi connectivity index (χ3n) is 1.42. The van der Waals surface area contributed by atoms with Crippen molar-refractivity contribution in [2.24, 2.45) is 5.73 Å². The number of benzene rings is 1. The second kappa shape index (κ2) is 4.06. The van der Waals surface area contributed by atoms with Gasteiger partial charge in [-0.15, -0.1) is 0 Å². The Kier molecular flexibility index (Phi) is 2.83. The van der Waals surface area contributed by atoms with Crippen molar-refractivity contribution in [1.82, 2.24) is 0 Å². The number of nitrogens with two attached hydrogens (primary N) is 1. The van der Waals surface area contributed by atoms with Gasteiger partial charge in [-0.05, 0) is 18.2 Å². The van der Waals surface area contributed by atoms with E-state index >= 15 is 0 Å². The molecule has 0 aliphatic heterocycles. The lowest BCUT2D eigenvalue weighted by atomic mass is 10.1. The maximum atomic E-state index is 13.1. The van der Waals surface area contributed by atoms with Gasteiger partial charge in [0.1, 0.15) is 5.82 Å². The molecular weight excluding hydrogens is 183 g/mol. The van der Waals surface area contributed by atoms with E-state index in [9.17, 15) is 9.18 Å². The van der Waals surface area contributed by atoms with E-state index in [1.165, 1.54) is 12.1 Å². The fourth-order valence-electron chi connectivity index (χ4n) is 0.815. The van der Waals surface area contributed by atoms with Gasteiger partial charge in [0.25, 0.3) is 5.91 Å². The number of nitriles is 1.